The Labute approximate surface area is 105 Å². The number of anilines is 1. The second kappa shape index (κ2) is 4.20. The van der Waals surface area contributed by atoms with Crippen LogP contribution in [0.25, 0.3) is 0 Å². The second-order valence-electron chi connectivity index (χ2n) is 4.59. The number of fused-ring (bicyclic) bond motifs is 1. The molecule has 3 atom stereocenters. The van der Waals surface area contributed by atoms with Gasteiger partial charge in [0.15, 0.2) is 0 Å². The van der Waals surface area contributed by atoms with Crippen molar-refractivity contribution in [3.05, 3.63) is 29.3 Å². The van der Waals surface area contributed by atoms with E-state index < -0.39 is 0 Å². The van der Waals surface area contributed by atoms with Gasteiger partial charge in [0, 0.05) is 19.1 Å². The lowest BCUT2D eigenvalue weighted by atomic mass is 10.3. The zero-order valence-electron chi connectivity index (χ0n) is 9.24. The maximum Gasteiger partial charge on any atom is 0.319 e. The summed E-state index contributed by atoms with van der Waals surface area (Å²) in [5.41, 5.74) is 0.649. The molecule has 5 heteroatoms. The van der Waals surface area contributed by atoms with Crippen molar-refractivity contribution in [1.29, 1.82) is 0 Å². The number of nitrogens with one attached hydrogen (secondary N) is 3. The molecule has 1 heterocycles. The van der Waals surface area contributed by atoms with Crippen LogP contribution in [0, 0.1) is 11.8 Å². The molecule has 4 nitrogen and oxygen atoms in total. The minimum Gasteiger partial charge on any atom is -0.334 e. The van der Waals surface area contributed by atoms with Gasteiger partial charge in [-0.1, -0.05) is 23.7 Å². The molecule has 17 heavy (non-hydrogen) atoms. The molecule has 1 aliphatic heterocycles. The molecule has 2 aliphatic rings. The highest BCUT2D eigenvalue weighted by molar-refractivity contribution is 6.33. The fraction of sp³-hybridized carbons (Fsp3) is 0.417. The summed E-state index contributed by atoms with van der Waals surface area (Å²) in [5, 5.41) is 9.60. The van der Waals surface area contributed by atoms with Gasteiger partial charge >= 0.3 is 6.03 Å². The third kappa shape index (κ3) is 2.10. The average molecular weight is 252 g/mol. The Bertz CT molecular complexity index is 441. The van der Waals surface area contributed by atoms with Crippen molar-refractivity contribution in [2.75, 3.05) is 18.4 Å². The van der Waals surface area contributed by atoms with E-state index in [0.29, 0.717) is 28.6 Å². The molecule has 1 saturated carbocycles. The van der Waals surface area contributed by atoms with E-state index in [1.54, 1.807) is 12.1 Å². The number of urea groups is 1. The molecular formula is C12H14ClN3O. The molecule has 2 amide bonds. The molecular weight excluding hydrogens is 238 g/mol. The summed E-state index contributed by atoms with van der Waals surface area (Å²) in [5.74, 6) is 1.24. The molecule has 1 aromatic rings. The van der Waals surface area contributed by atoms with Gasteiger partial charge in [-0.25, -0.2) is 4.79 Å². The fourth-order valence-electron chi connectivity index (χ4n) is 2.50. The molecule has 0 spiro atoms. The smallest absolute Gasteiger partial charge is 0.319 e. The topological polar surface area (TPSA) is 53.2 Å². The molecule has 0 radical (unpaired) electrons. The van der Waals surface area contributed by atoms with Gasteiger partial charge in [0.2, 0.25) is 0 Å². The predicted molar refractivity (Wildman–Crippen MR) is 67.2 cm³/mol. The minimum absolute atomic E-state index is 0.169. The SMILES string of the molecule is O=C(Nc1ccccc1Cl)NC1[C@H]2CNC[C@@H]12. The summed E-state index contributed by atoms with van der Waals surface area (Å²) in [6.07, 6.45) is 0. The Morgan fingerprint density at radius 3 is 2.71 bits per heavy atom. The maximum absolute atomic E-state index is 11.7. The first kappa shape index (κ1) is 10.9. The van der Waals surface area contributed by atoms with Crippen molar-refractivity contribution in [2.45, 2.75) is 6.04 Å². The molecule has 1 unspecified atom stereocenters. The summed E-state index contributed by atoms with van der Waals surface area (Å²) in [6, 6.07) is 7.39. The molecule has 0 bridgehead atoms. The number of para-hydroxylation sites is 1. The van der Waals surface area contributed by atoms with Gasteiger partial charge in [0.05, 0.1) is 10.7 Å². The van der Waals surface area contributed by atoms with Gasteiger partial charge in [0.25, 0.3) is 0 Å². The van der Waals surface area contributed by atoms with Crippen molar-refractivity contribution in [1.82, 2.24) is 10.6 Å². The van der Waals surface area contributed by atoms with Crippen LogP contribution in [0.3, 0.4) is 0 Å². The van der Waals surface area contributed by atoms with Crippen molar-refractivity contribution in [3.63, 3.8) is 0 Å². The van der Waals surface area contributed by atoms with Crippen LogP contribution in [0.1, 0.15) is 0 Å². The van der Waals surface area contributed by atoms with Gasteiger partial charge in [-0.15, -0.1) is 0 Å². The zero-order valence-corrected chi connectivity index (χ0v) is 10.00. The van der Waals surface area contributed by atoms with E-state index in [1.165, 1.54) is 0 Å². The number of benzene rings is 1. The molecule has 0 aromatic heterocycles. The highest BCUT2D eigenvalue weighted by atomic mass is 35.5. The summed E-state index contributed by atoms with van der Waals surface area (Å²) in [7, 11) is 0. The monoisotopic (exact) mass is 251 g/mol. The second-order valence-corrected chi connectivity index (χ2v) is 5.00. The van der Waals surface area contributed by atoms with Crippen LogP contribution in [0.15, 0.2) is 24.3 Å². The first-order chi connectivity index (χ1) is 8.25. The van der Waals surface area contributed by atoms with E-state index >= 15 is 0 Å². The van der Waals surface area contributed by atoms with Crippen LogP contribution in [0.2, 0.25) is 5.02 Å². The van der Waals surface area contributed by atoms with Crippen molar-refractivity contribution >= 4 is 23.3 Å². The molecule has 3 N–H and O–H groups in total. The molecule has 1 saturated heterocycles. The van der Waals surface area contributed by atoms with Crippen molar-refractivity contribution < 1.29 is 4.79 Å². The first-order valence-electron chi connectivity index (χ1n) is 5.78. The summed E-state index contributed by atoms with van der Waals surface area (Å²) in [6.45, 7) is 2.03. The Kier molecular flexibility index (Phi) is 2.68. The summed E-state index contributed by atoms with van der Waals surface area (Å²) < 4.78 is 0. The summed E-state index contributed by atoms with van der Waals surface area (Å²) >= 11 is 5.96. The first-order valence-corrected chi connectivity index (χ1v) is 6.16. The Hall–Kier alpha value is -1.26. The van der Waals surface area contributed by atoms with E-state index in [0.717, 1.165) is 13.1 Å². The van der Waals surface area contributed by atoms with Crippen LogP contribution in [0.5, 0.6) is 0 Å². The lowest BCUT2D eigenvalue weighted by Crippen LogP contribution is -2.35. The van der Waals surface area contributed by atoms with Crippen molar-refractivity contribution in [3.8, 4) is 0 Å². The van der Waals surface area contributed by atoms with E-state index in [9.17, 15) is 4.79 Å². The van der Waals surface area contributed by atoms with Crippen LogP contribution in [0.4, 0.5) is 10.5 Å². The molecule has 1 aromatic carbocycles. The number of rotatable bonds is 2. The normalized spacial score (nSPS) is 29.6. The number of amides is 2. The minimum atomic E-state index is -0.169. The Morgan fingerprint density at radius 1 is 1.29 bits per heavy atom. The van der Waals surface area contributed by atoms with E-state index in [4.69, 9.17) is 11.6 Å². The van der Waals surface area contributed by atoms with Crippen LogP contribution >= 0.6 is 11.6 Å². The van der Waals surface area contributed by atoms with Crippen LogP contribution < -0.4 is 16.0 Å². The number of hydrogen-bond acceptors (Lipinski definition) is 2. The Morgan fingerprint density at radius 2 is 2.00 bits per heavy atom. The van der Waals surface area contributed by atoms with Gasteiger partial charge in [-0.05, 0) is 24.0 Å². The average Bonchev–Trinajstić information content (AvgIpc) is 2.76. The third-order valence-electron chi connectivity index (χ3n) is 3.51. The number of piperidine rings is 1. The summed E-state index contributed by atoms with van der Waals surface area (Å²) in [4.78, 5) is 11.7. The number of carbonyl (C=O) groups excluding carboxylic acids is 1. The van der Waals surface area contributed by atoms with Gasteiger partial charge in [-0.3, -0.25) is 0 Å². The fourth-order valence-corrected chi connectivity index (χ4v) is 2.69. The Balaban J connectivity index is 1.56. The van der Waals surface area contributed by atoms with Crippen molar-refractivity contribution in [2.24, 2.45) is 11.8 Å². The van der Waals surface area contributed by atoms with E-state index in [-0.39, 0.29) is 6.03 Å². The zero-order chi connectivity index (χ0) is 11.8. The number of carbonyl (C=O) groups is 1. The van der Waals surface area contributed by atoms with E-state index in [2.05, 4.69) is 16.0 Å². The molecule has 3 rings (SSSR count). The maximum atomic E-state index is 11.7. The van der Waals surface area contributed by atoms with E-state index in [1.807, 2.05) is 12.1 Å². The van der Waals surface area contributed by atoms with Gasteiger partial charge in [-0.2, -0.15) is 0 Å². The van der Waals surface area contributed by atoms with Crippen LogP contribution in [-0.2, 0) is 0 Å². The van der Waals surface area contributed by atoms with Gasteiger partial charge in [0.1, 0.15) is 0 Å². The quantitative estimate of drug-likeness (QED) is 0.749. The lowest BCUT2D eigenvalue weighted by molar-refractivity contribution is 0.250. The van der Waals surface area contributed by atoms with Crippen LogP contribution in [-0.4, -0.2) is 25.2 Å². The van der Waals surface area contributed by atoms with Gasteiger partial charge < -0.3 is 16.0 Å². The molecule has 1 aliphatic carbocycles. The third-order valence-corrected chi connectivity index (χ3v) is 3.84. The largest absolute Gasteiger partial charge is 0.334 e. The predicted octanol–water partition coefficient (Wildman–Crippen LogP) is 1.68. The highest BCUT2D eigenvalue weighted by Crippen LogP contribution is 2.41. The highest BCUT2D eigenvalue weighted by Gasteiger charge is 2.53. The number of halogens is 1. The standard InChI is InChI=1S/C12H14ClN3O/c13-9-3-1-2-4-10(9)15-12(17)16-11-7-5-14-6-8(7)11/h1-4,7-8,11,14H,5-6H2,(H2,15,16,17)/t7-,8+,11?. The molecule has 2 fully saturated rings. The number of hydrogen-bond donors (Lipinski definition) is 3. The molecule has 90 valence electrons. The lowest BCUT2D eigenvalue weighted by Gasteiger charge is -2.10.